The SMILES string of the molecule is BrP(CCOc1ccccc1)(Cc1ccccc1)(Cc1ccccc1)c1ccccc1. The van der Waals surface area contributed by atoms with Crippen LogP contribution in [-0.4, -0.2) is 12.8 Å². The van der Waals surface area contributed by atoms with Crippen LogP contribution in [0.3, 0.4) is 0 Å². The van der Waals surface area contributed by atoms with Crippen molar-refractivity contribution >= 4 is 26.1 Å². The first-order valence-corrected chi connectivity index (χ1v) is 15.5. The molecule has 0 spiro atoms. The maximum absolute atomic E-state index is 6.23. The van der Waals surface area contributed by atoms with Crippen LogP contribution in [0.5, 0.6) is 5.75 Å². The summed E-state index contributed by atoms with van der Waals surface area (Å²) in [7, 11) is 0. The molecule has 0 saturated carbocycles. The van der Waals surface area contributed by atoms with Crippen molar-refractivity contribution in [1.82, 2.24) is 0 Å². The second-order valence-electron chi connectivity index (χ2n) is 8.10. The summed E-state index contributed by atoms with van der Waals surface area (Å²) in [6, 6.07) is 42.8. The summed E-state index contributed by atoms with van der Waals surface area (Å²) in [5.41, 5.74) is 2.72. The Morgan fingerprint density at radius 2 is 0.968 bits per heavy atom. The molecule has 31 heavy (non-hydrogen) atoms. The van der Waals surface area contributed by atoms with Gasteiger partial charge in [0.15, 0.2) is 0 Å². The van der Waals surface area contributed by atoms with Gasteiger partial charge < -0.3 is 0 Å². The normalized spacial score (nSPS) is 12.6. The fraction of sp³-hybridized carbons (Fsp3) is 0.143. The number of rotatable bonds is 9. The minimum absolute atomic E-state index is 0.668. The average molecular weight is 491 g/mol. The summed E-state index contributed by atoms with van der Waals surface area (Å²) >= 11 is 4.50. The third-order valence-electron chi connectivity index (χ3n) is 5.79. The third-order valence-corrected chi connectivity index (χ3v) is 14.6. The molecule has 4 rings (SSSR count). The molecule has 0 amide bonds. The number of para-hydroxylation sites is 1. The van der Waals surface area contributed by atoms with Gasteiger partial charge in [0.05, 0.1) is 0 Å². The van der Waals surface area contributed by atoms with Crippen LogP contribution in [0, 0.1) is 0 Å². The van der Waals surface area contributed by atoms with E-state index in [9.17, 15) is 0 Å². The summed E-state index contributed by atoms with van der Waals surface area (Å²) in [4.78, 5) is 0. The van der Waals surface area contributed by atoms with E-state index in [1.165, 1.54) is 16.4 Å². The van der Waals surface area contributed by atoms with Crippen molar-refractivity contribution in [3.05, 3.63) is 132 Å². The number of halogens is 1. The van der Waals surface area contributed by atoms with Gasteiger partial charge in [0.2, 0.25) is 0 Å². The molecule has 4 aromatic carbocycles. The molecule has 4 aromatic rings. The standard InChI is InChI=1S/C28H28BrOP/c29-31(28-19-11-4-12-20-28,23-25-13-5-1-6-14-25,24-26-15-7-2-8-16-26)22-21-30-27-17-9-3-10-18-27/h1-20H,21-24H2. The van der Waals surface area contributed by atoms with Gasteiger partial charge in [-0.15, -0.1) is 0 Å². The zero-order valence-electron chi connectivity index (χ0n) is 17.6. The van der Waals surface area contributed by atoms with Gasteiger partial charge in [-0.1, -0.05) is 0 Å². The van der Waals surface area contributed by atoms with Gasteiger partial charge in [0, 0.05) is 0 Å². The second kappa shape index (κ2) is 9.81. The number of benzene rings is 4. The maximum atomic E-state index is 6.23. The topological polar surface area (TPSA) is 9.23 Å². The average Bonchev–Trinajstić information content (AvgIpc) is 2.82. The van der Waals surface area contributed by atoms with E-state index < -0.39 is 5.31 Å². The molecule has 0 aromatic heterocycles. The first-order valence-electron chi connectivity index (χ1n) is 10.7. The van der Waals surface area contributed by atoms with Gasteiger partial charge in [-0.25, -0.2) is 0 Å². The van der Waals surface area contributed by atoms with Crippen LogP contribution in [-0.2, 0) is 12.3 Å². The molecule has 3 heteroatoms. The van der Waals surface area contributed by atoms with Gasteiger partial charge in [0.25, 0.3) is 0 Å². The molecule has 0 aliphatic heterocycles. The molecule has 0 radical (unpaired) electrons. The van der Waals surface area contributed by atoms with E-state index in [0.29, 0.717) is 6.61 Å². The van der Waals surface area contributed by atoms with Crippen molar-refractivity contribution in [2.24, 2.45) is 0 Å². The van der Waals surface area contributed by atoms with Crippen molar-refractivity contribution in [3.63, 3.8) is 0 Å². The Kier molecular flexibility index (Phi) is 6.90. The monoisotopic (exact) mass is 490 g/mol. The summed E-state index contributed by atoms with van der Waals surface area (Å²) in [6.45, 7) is 0.668. The fourth-order valence-corrected chi connectivity index (χ4v) is 11.7. The van der Waals surface area contributed by atoms with Crippen LogP contribution in [0.15, 0.2) is 121 Å². The number of hydrogen-bond donors (Lipinski definition) is 0. The summed E-state index contributed by atoms with van der Waals surface area (Å²) in [5.74, 6) is 0.924. The Balaban J connectivity index is 1.75. The van der Waals surface area contributed by atoms with E-state index in [4.69, 9.17) is 4.74 Å². The van der Waals surface area contributed by atoms with E-state index in [1.54, 1.807) is 0 Å². The summed E-state index contributed by atoms with van der Waals surface area (Å²) in [6.07, 6.45) is 2.93. The molecule has 0 aliphatic carbocycles. The van der Waals surface area contributed by atoms with E-state index in [2.05, 4.69) is 106 Å². The van der Waals surface area contributed by atoms with E-state index in [-0.39, 0.29) is 0 Å². The van der Waals surface area contributed by atoms with Gasteiger partial charge in [-0.2, -0.15) is 0 Å². The van der Waals surface area contributed by atoms with E-state index >= 15 is 0 Å². The molecule has 0 fully saturated rings. The Hall–Kier alpha value is -2.41. The van der Waals surface area contributed by atoms with Gasteiger partial charge in [-0.3, -0.25) is 0 Å². The fourth-order valence-electron chi connectivity index (χ4n) is 4.22. The first kappa shape index (κ1) is 21.8. The van der Waals surface area contributed by atoms with Crippen LogP contribution in [0.4, 0.5) is 0 Å². The van der Waals surface area contributed by atoms with Crippen molar-refractivity contribution in [1.29, 1.82) is 0 Å². The molecule has 0 atom stereocenters. The second-order valence-corrected chi connectivity index (χ2v) is 18.4. The molecule has 0 unspecified atom stereocenters. The zero-order valence-corrected chi connectivity index (χ0v) is 20.1. The molecule has 0 heterocycles. The van der Waals surface area contributed by atoms with Crippen LogP contribution >= 0.6 is 20.8 Å². The summed E-state index contributed by atoms with van der Waals surface area (Å²) in [5, 5.41) is -1.23. The molecule has 0 N–H and O–H groups in total. The minimum atomic E-state index is -2.63. The zero-order chi connectivity index (χ0) is 21.4. The predicted octanol–water partition coefficient (Wildman–Crippen LogP) is 7.65. The quantitative estimate of drug-likeness (QED) is 0.219. The van der Waals surface area contributed by atoms with Crippen molar-refractivity contribution in [2.75, 3.05) is 12.8 Å². The molecular formula is C28H28BrOP. The van der Waals surface area contributed by atoms with Crippen molar-refractivity contribution < 1.29 is 4.74 Å². The van der Waals surface area contributed by atoms with E-state index in [1.807, 2.05) is 30.3 Å². The molecule has 158 valence electrons. The third kappa shape index (κ3) is 5.45. The molecular weight excluding hydrogens is 463 g/mol. The van der Waals surface area contributed by atoms with Crippen LogP contribution in [0.25, 0.3) is 0 Å². The van der Waals surface area contributed by atoms with Crippen LogP contribution in [0.2, 0.25) is 0 Å². The Bertz CT molecular complexity index is 1030. The first-order chi connectivity index (χ1) is 15.1. The molecule has 1 nitrogen and oxygen atoms in total. The van der Waals surface area contributed by atoms with E-state index in [0.717, 1.165) is 24.2 Å². The van der Waals surface area contributed by atoms with Crippen LogP contribution < -0.4 is 10.0 Å². The van der Waals surface area contributed by atoms with Crippen molar-refractivity contribution in [3.8, 4) is 5.75 Å². The van der Waals surface area contributed by atoms with Crippen LogP contribution in [0.1, 0.15) is 11.1 Å². The Morgan fingerprint density at radius 3 is 1.45 bits per heavy atom. The molecule has 0 saturated heterocycles. The van der Waals surface area contributed by atoms with Gasteiger partial charge in [0.1, 0.15) is 0 Å². The van der Waals surface area contributed by atoms with Gasteiger partial charge in [-0.05, 0) is 0 Å². The van der Waals surface area contributed by atoms with Crippen molar-refractivity contribution in [2.45, 2.75) is 12.3 Å². The van der Waals surface area contributed by atoms with Gasteiger partial charge >= 0.3 is 194 Å². The Morgan fingerprint density at radius 1 is 0.548 bits per heavy atom. The Labute approximate surface area is 193 Å². The number of hydrogen-bond acceptors (Lipinski definition) is 1. The summed E-state index contributed by atoms with van der Waals surface area (Å²) < 4.78 is 6.23. The number of ether oxygens (including phenoxy) is 1. The molecule has 0 bridgehead atoms. The predicted molar refractivity (Wildman–Crippen MR) is 139 cm³/mol. The molecule has 0 aliphatic rings.